The van der Waals surface area contributed by atoms with Crippen molar-refractivity contribution in [1.29, 1.82) is 0 Å². The average molecular weight is 429 g/mol. The molecule has 0 radical (unpaired) electrons. The number of ether oxygens (including phenoxy) is 2. The van der Waals surface area contributed by atoms with Crippen LogP contribution in [0.2, 0.25) is 0 Å². The van der Waals surface area contributed by atoms with Gasteiger partial charge in [-0.05, 0) is 6.42 Å². The van der Waals surface area contributed by atoms with E-state index in [1.165, 1.54) is 89.9 Å². The Hall–Kier alpha value is -1.27. The minimum Gasteiger partial charge on any atom is -0.505 e. The van der Waals surface area contributed by atoms with Crippen LogP contribution >= 0.6 is 0 Å². The molecule has 1 heterocycles. The zero-order chi connectivity index (χ0) is 22.0. The first kappa shape index (κ1) is 26.8. The highest BCUT2D eigenvalue weighted by atomic mass is 16.6. The largest absolute Gasteiger partial charge is 0.505 e. The Morgan fingerprint density at radius 2 is 1.23 bits per heavy atom. The summed E-state index contributed by atoms with van der Waals surface area (Å²) in [6, 6.07) is 0. The lowest BCUT2D eigenvalue weighted by atomic mass is 10.0. The van der Waals surface area contributed by atoms with Crippen molar-refractivity contribution in [1.82, 2.24) is 0 Å². The number of aliphatic hydroxyl groups excluding tert-OH is 3. The van der Waals surface area contributed by atoms with Gasteiger partial charge in [0.25, 0.3) is 0 Å². The number of carbonyl (C=O) groups excluding carboxylic acids is 1. The van der Waals surface area contributed by atoms with Crippen LogP contribution in [0.1, 0.15) is 110 Å². The van der Waals surface area contributed by atoms with Crippen LogP contribution in [-0.2, 0) is 14.3 Å². The molecule has 30 heavy (non-hydrogen) atoms. The second kappa shape index (κ2) is 17.4. The highest BCUT2D eigenvalue weighted by molar-refractivity contribution is 5.89. The lowest BCUT2D eigenvalue weighted by Gasteiger charge is -2.17. The van der Waals surface area contributed by atoms with Crippen LogP contribution in [0, 0.1) is 0 Å². The smallest absolute Gasteiger partial charge is 0.377 e. The Labute approximate surface area is 182 Å². The van der Waals surface area contributed by atoms with Crippen molar-refractivity contribution in [2.45, 2.75) is 122 Å². The van der Waals surface area contributed by atoms with E-state index >= 15 is 0 Å². The summed E-state index contributed by atoms with van der Waals surface area (Å²) >= 11 is 0. The molecule has 0 bridgehead atoms. The SMILES string of the molecule is CCCCCCCCCCCCCCCCCCOC[C@H](O)[C@H]1OC(=O)C(O)=C1O. The average Bonchev–Trinajstić information content (AvgIpc) is 3.00. The first-order chi connectivity index (χ1) is 14.6. The van der Waals surface area contributed by atoms with Gasteiger partial charge in [-0.1, -0.05) is 103 Å². The first-order valence-electron chi connectivity index (χ1n) is 12.2. The molecular weight excluding hydrogens is 384 g/mol. The molecule has 6 heteroatoms. The molecular formula is C24H44O6. The lowest BCUT2D eigenvalue weighted by Crippen LogP contribution is -2.33. The van der Waals surface area contributed by atoms with Gasteiger partial charge in [0.2, 0.25) is 5.76 Å². The van der Waals surface area contributed by atoms with E-state index in [-0.39, 0.29) is 6.61 Å². The van der Waals surface area contributed by atoms with Gasteiger partial charge in [-0.3, -0.25) is 0 Å². The normalized spacial score (nSPS) is 17.5. The van der Waals surface area contributed by atoms with Crippen molar-refractivity contribution < 1.29 is 29.6 Å². The summed E-state index contributed by atoms with van der Waals surface area (Å²) in [5, 5.41) is 28.6. The number of carbonyl (C=O) groups is 1. The maximum absolute atomic E-state index is 11.1. The quantitative estimate of drug-likeness (QED) is 0.166. The molecule has 1 aliphatic heterocycles. The molecule has 0 amide bonds. The molecule has 0 aromatic carbocycles. The fourth-order valence-corrected chi connectivity index (χ4v) is 3.77. The van der Waals surface area contributed by atoms with Crippen molar-refractivity contribution in [3.63, 3.8) is 0 Å². The van der Waals surface area contributed by atoms with Crippen molar-refractivity contribution >= 4 is 5.97 Å². The molecule has 0 aromatic rings. The Morgan fingerprint density at radius 1 is 0.800 bits per heavy atom. The van der Waals surface area contributed by atoms with E-state index in [0.717, 1.165) is 12.8 Å². The fourth-order valence-electron chi connectivity index (χ4n) is 3.77. The van der Waals surface area contributed by atoms with Gasteiger partial charge in [0.05, 0.1) is 6.61 Å². The molecule has 1 rings (SSSR count). The van der Waals surface area contributed by atoms with Crippen LogP contribution < -0.4 is 0 Å². The van der Waals surface area contributed by atoms with Crippen LogP contribution in [-0.4, -0.2) is 46.7 Å². The van der Waals surface area contributed by atoms with E-state index in [1.54, 1.807) is 0 Å². The Morgan fingerprint density at radius 3 is 1.63 bits per heavy atom. The van der Waals surface area contributed by atoms with Gasteiger partial charge in [0, 0.05) is 6.61 Å². The Balaban J connectivity index is 1.79. The summed E-state index contributed by atoms with van der Waals surface area (Å²) in [7, 11) is 0. The van der Waals surface area contributed by atoms with Crippen molar-refractivity contribution in [2.75, 3.05) is 13.2 Å². The molecule has 0 fully saturated rings. The molecule has 6 nitrogen and oxygen atoms in total. The minimum absolute atomic E-state index is 0.0476. The molecule has 2 atom stereocenters. The molecule has 0 saturated carbocycles. The second-order valence-corrected chi connectivity index (χ2v) is 8.51. The summed E-state index contributed by atoms with van der Waals surface area (Å²) in [6.45, 7) is 2.74. The third-order valence-electron chi connectivity index (χ3n) is 5.72. The summed E-state index contributed by atoms with van der Waals surface area (Å²) in [5.41, 5.74) is 0. The highest BCUT2D eigenvalue weighted by Gasteiger charge is 2.39. The molecule has 0 aromatic heterocycles. The third kappa shape index (κ3) is 11.8. The zero-order valence-corrected chi connectivity index (χ0v) is 18.9. The van der Waals surface area contributed by atoms with E-state index in [2.05, 4.69) is 6.92 Å². The molecule has 0 saturated heterocycles. The van der Waals surface area contributed by atoms with Gasteiger partial charge in [0.1, 0.15) is 6.10 Å². The van der Waals surface area contributed by atoms with Gasteiger partial charge < -0.3 is 24.8 Å². The molecule has 0 unspecified atom stereocenters. The summed E-state index contributed by atoms with van der Waals surface area (Å²) < 4.78 is 10.1. The number of rotatable bonds is 20. The number of esters is 1. The van der Waals surface area contributed by atoms with E-state index in [0.29, 0.717) is 6.61 Å². The van der Waals surface area contributed by atoms with Crippen LogP contribution in [0.5, 0.6) is 0 Å². The van der Waals surface area contributed by atoms with Gasteiger partial charge in [-0.25, -0.2) is 4.79 Å². The van der Waals surface area contributed by atoms with Gasteiger partial charge in [-0.2, -0.15) is 0 Å². The number of aliphatic hydroxyl groups is 3. The van der Waals surface area contributed by atoms with E-state index in [1.807, 2.05) is 0 Å². The fraction of sp³-hybridized carbons (Fsp3) is 0.875. The topological polar surface area (TPSA) is 96.2 Å². The Bertz CT molecular complexity index is 476. The van der Waals surface area contributed by atoms with Crippen molar-refractivity contribution in [3.05, 3.63) is 11.5 Å². The molecule has 1 aliphatic rings. The molecule has 176 valence electrons. The maximum Gasteiger partial charge on any atom is 0.377 e. The lowest BCUT2D eigenvalue weighted by molar-refractivity contribution is -0.148. The maximum atomic E-state index is 11.1. The van der Waals surface area contributed by atoms with E-state index < -0.39 is 29.7 Å². The first-order valence-corrected chi connectivity index (χ1v) is 12.2. The highest BCUT2D eigenvalue weighted by Crippen LogP contribution is 2.21. The monoisotopic (exact) mass is 428 g/mol. The number of cyclic esters (lactones) is 1. The van der Waals surface area contributed by atoms with Crippen LogP contribution in [0.4, 0.5) is 0 Å². The van der Waals surface area contributed by atoms with Gasteiger partial charge in [-0.15, -0.1) is 0 Å². The molecule has 0 aliphatic carbocycles. The van der Waals surface area contributed by atoms with E-state index in [9.17, 15) is 20.1 Å². The second-order valence-electron chi connectivity index (χ2n) is 8.51. The van der Waals surface area contributed by atoms with Crippen molar-refractivity contribution in [2.24, 2.45) is 0 Å². The minimum atomic E-state index is -1.23. The van der Waals surface area contributed by atoms with Crippen LogP contribution in [0.15, 0.2) is 11.5 Å². The van der Waals surface area contributed by atoms with Gasteiger partial charge >= 0.3 is 5.97 Å². The number of unbranched alkanes of at least 4 members (excludes halogenated alkanes) is 15. The predicted molar refractivity (Wildman–Crippen MR) is 119 cm³/mol. The zero-order valence-electron chi connectivity index (χ0n) is 18.9. The standard InChI is InChI=1S/C24H44O6/c1-2-3-4-5-6-7-8-9-10-11-12-13-14-15-16-17-18-29-19-20(25)23-21(26)22(27)24(28)30-23/h20,23,25-27H,2-19H2,1H3/t20-,23+/m0/s1. The summed E-state index contributed by atoms with van der Waals surface area (Å²) in [6.07, 6.45) is 18.6. The number of hydrogen-bond donors (Lipinski definition) is 3. The van der Waals surface area contributed by atoms with Crippen LogP contribution in [0.3, 0.4) is 0 Å². The van der Waals surface area contributed by atoms with Gasteiger partial charge in [0.15, 0.2) is 11.9 Å². The number of hydrogen-bond acceptors (Lipinski definition) is 6. The predicted octanol–water partition coefficient (Wildman–Crippen LogP) is 5.88. The molecule has 0 spiro atoms. The summed E-state index contributed by atoms with van der Waals surface area (Å²) in [4.78, 5) is 11.1. The van der Waals surface area contributed by atoms with Crippen LogP contribution in [0.25, 0.3) is 0 Å². The molecule has 3 N–H and O–H groups in total. The van der Waals surface area contributed by atoms with E-state index in [4.69, 9.17) is 9.47 Å². The van der Waals surface area contributed by atoms with Crippen molar-refractivity contribution in [3.8, 4) is 0 Å². The Kier molecular flexibility index (Phi) is 15.5. The summed E-state index contributed by atoms with van der Waals surface area (Å²) in [5.74, 6) is -2.48. The third-order valence-corrected chi connectivity index (χ3v) is 5.72.